The van der Waals surface area contributed by atoms with Crippen LogP contribution in [0, 0.1) is 11.6 Å². The van der Waals surface area contributed by atoms with Gasteiger partial charge in [0, 0.05) is 24.7 Å². The van der Waals surface area contributed by atoms with E-state index in [2.05, 4.69) is 0 Å². The van der Waals surface area contributed by atoms with Gasteiger partial charge in [0.2, 0.25) is 0 Å². The lowest BCUT2D eigenvalue weighted by atomic mass is 10.0. The molecule has 2 saturated heterocycles. The van der Waals surface area contributed by atoms with Crippen LogP contribution >= 0.6 is 0 Å². The molecule has 2 fully saturated rings. The van der Waals surface area contributed by atoms with Crippen LogP contribution in [0.4, 0.5) is 8.78 Å². The van der Waals surface area contributed by atoms with Gasteiger partial charge in [-0.05, 0) is 25.2 Å². The number of carbonyl (C=O) groups is 1. The van der Waals surface area contributed by atoms with E-state index in [0.717, 1.165) is 12.1 Å². The van der Waals surface area contributed by atoms with Crippen molar-refractivity contribution in [2.75, 3.05) is 31.6 Å². The first kappa shape index (κ1) is 15.4. The van der Waals surface area contributed by atoms with Gasteiger partial charge in [0.15, 0.2) is 21.5 Å². The molecule has 2 unspecified atom stereocenters. The van der Waals surface area contributed by atoms with E-state index in [1.807, 2.05) is 11.9 Å². The van der Waals surface area contributed by atoms with E-state index in [1.54, 1.807) is 0 Å². The highest BCUT2D eigenvalue weighted by Crippen LogP contribution is 2.27. The summed E-state index contributed by atoms with van der Waals surface area (Å²) in [6.07, 6.45) is 0. The molecule has 1 aromatic rings. The second-order valence-electron chi connectivity index (χ2n) is 5.82. The van der Waals surface area contributed by atoms with E-state index in [4.69, 9.17) is 0 Å². The van der Waals surface area contributed by atoms with Gasteiger partial charge in [0.05, 0.1) is 17.5 Å². The lowest BCUT2D eigenvalue weighted by molar-refractivity contribution is 0.0409. The molecule has 22 heavy (non-hydrogen) atoms. The zero-order valence-electron chi connectivity index (χ0n) is 12.0. The molecule has 120 valence electrons. The number of amides is 1. The van der Waals surface area contributed by atoms with Gasteiger partial charge in [-0.25, -0.2) is 17.2 Å². The van der Waals surface area contributed by atoms with Gasteiger partial charge in [-0.15, -0.1) is 0 Å². The number of nitrogens with zero attached hydrogens (tertiary/aromatic N) is 2. The van der Waals surface area contributed by atoms with Crippen LogP contribution in [0.5, 0.6) is 0 Å². The van der Waals surface area contributed by atoms with Crippen molar-refractivity contribution in [3.63, 3.8) is 0 Å². The maximum Gasteiger partial charge on any atom is 0.254 e. The Bertz CT molecular complexity index is 723. The molecule has 2 heterocycles. The number of carbonyl (C=O) groups excluding carboxylic acids is 1. The molecule has 0 radical (unpaired) electrons. The largest absolute Gasteiger partial charge is 0.332 e. The first-order chi connectivity index (χ1) is 10.3. The highest BCUT2D eigenvalue weighted by molar-refractivity contribution is 7.91. The number of hydrogen-bond acceptors (Lipinski definition) is 4. The molecule has 0 aromatic heterocycles. The minimum Gasteiger partial charge on any atom is -0.332 e. The van der Waals surface area contributed by atoms with Crippen LogP contribution in [0.2, 0.25) is 0 Å². The van der Waals surface area contributed by atoms with Gasteiger partial charge in [-0.1, -0.05) is 0 Å². The topological polar surface area (TPSA) is 57.7 Å². The second-order valence-corrected chi connectivity index (χ2v) is 7.97. The number of sulfone groups is 1. The van der Waals surface area contributed by atoms with Crippen LogP contribution in [0.15, 0.2) is 18.2 Å². The molecule has 5 nitrogen and oxygen atoms in total. The Kier molecular flexibility index (Phi) is 3.68. The molecule has 0 aliphatic carbocycles. The lowest BCUT2D eigenvalue weighted by Gasteiger charge is -2.42. The molecular formula is C14H16F2N2O3S. The smallest absolute Gasteiger partial charge is 0.254 e. The molecular weight excluding hydrogens is 314 g/mol. The zero-order valence-corrected chi connectivity index (χ0v) is 12.8. The van der Waals surface area contributed by atoms with E-state index in [0.29, 0.717) is 13.1 Å². The summed E-state index contributed by atoms with van der Waals surface area (Å²) >= 11 is 0. The van der Waals surface area contributed by atoms with Gasteiger partial charge < -0.3 is 4.90 Å². The highest BCUT2D eigenvalue weighted by atomic mass is 32.2. The quantitative estimate of drug-likeness (QED) is 0.753. The van der Waals surface area contributed by atoms with E-state index in [-0.39, 0.29) is 23.1 Å². The predicted octanol–water partition coefficient (Wildman–Crippen LogP) is 0.518. The Morgan fingerprint density at radius 2 is 1.82 bits per heavy atom. The monoisotopic (exact) mass is 330 g/mol. The zero-order chi connectivity index (χ0) is 16.1. The van der Waals surface area contributed by atoms with Crippen molar-refractivity contribution in [1.29, 1.82) is 0 Å². The standard InChI is InChI=1S/C14H16F2N2O3S/c1-17-4-5-18(13-8-22(20,21)7-12(13)17)14(19)9-2-3-10(15)11(16)6-9/h2-3,6,12-13H,4-5,7-8H2,1H3. The van der Waals surface area contributed by atoms with Gasteiger partial charge in [-0.3, -0.25) is 9.69 Å². The van der Waals surface area contributed by atoms with E-state index >= 15 is 0 Å². The molecule has 0 spiro atoms. The molecule has 2 atom stereocenters. The maximum absolute atomic E-state index is 13.3. The number of rotatable bonds is 1. The fourth-order valence-corrected chi connectivity index (χ4v) is 5.23. The number of likely N-dealkylation sites (N-methyl/N-ethyl adjacent to an activating group) is 1. The van der Waals surface area contributed by atoms with E-state index < -0.39 is 33.4 Å². The van der Waals surface area contributed by atoms with Crippen LogP contribution in [0.1, 0.15) is 10.4 Å². The summed E-state index contributed by atoms with van der Waals surface area (Å²) in [7, 11) is -1.36. The first-order valence-electron chi connectivity index (χ1n) is 6.95. The minimum absolute atomic E-state index is 0.0235. The van der Waals surface area contributed by atoms with Crippen molar-refractivity contribution in [1.82, 2.24) is 9.80 Å². The molecule has 1 amide bonds. The summed E-state index contributed by atoms with van der Waals surface area (Å²) in [5.74, 6) is -2.63. The summed E-state index contributed by atoms with van der Waals surface area (Å²) < 4.78 is 50.0. The van der Waals surface area contributed by atoms with Gasteiger partial charge in [-0.2, -0.15) is 0 Å². The Morgan fingerprint density at radius 1 is 1.14 bits per heavy atom. The fraction of sp³-hybridized carbons (Fsp3) is 0.500. The summed E-state index contributed by atoms with van der Waals surface area (Å²) in [5, 5.41) is 0. The number of hydrogen-bond donors (Lipinski definition) is 0. The molecule has 0 bridgehead atoms. The third-order valence-electron chi connectivity index (χ3n) is 4.38. The number of benzene rings is 1. The average Bonchev–Trinajstić information content (AvgIpc) is 2.78. The molecule has 3 rings (SSSR count). The summed E-state index contributed by atoms with van der Waals surface area (Å²) in [5.41, 5.74) is 0.0338. The van der Waals surface area contributed by atoms with Crippen LogP contribution in [-0.4, -0.2) is 67.9 Å². The van der Waals surface area contributed by atoms with Gasteiger partial charge >= 0.3 is 0 Å². The third-order valence-corrected chi connectivity index (χ3v) is 6.08. The number of fused-ring (bicyclic) bond motifs is 1. The molecule has 2 aliphatic rings. The molecule has 8 heteroatoms. The Hall–Kier alpha value is -1.54. The third kappa shape index (κ3) is 2.61. The average molecular weight is 330 g/mol. The van der Waals surface area contributed by atoms with Crippen molar-refractivity contribution in [3.05, 3.63) is 35.4 Å². The fourth-order valence-electron chi connectivity index (χ4n) is 3.17. The van der Waals surface area contributed by atoms with E-state index in [9.17, 15) is 22.0 Å². The van der Waals surface area contributed by atoms with Crippen molar-refractivity contribution in [2.24, 2.45) is 0 Å². The SMILES string of the molecule is CN1CCN(C(=O)c2ccc(F)c(F)c2)C2CS(=O)(=O)CC21. The maximum atomic E-state index is 13.3. The highest BCUT2D eigenvalue weighted by Gasteiger charge is 2.47. The van der Waals surface area contributed by atoms with Crippen LogP contribution in [0.25, 0.3) is 0 Å². The van der Waals surface area contributed by atoms with Crippen LogP contribution in [0.3, 0.4) is 0 Å². The molecule has 0 saturated carbocycles. The predicted molar refractivity (Wildman–Crippen MR) is 76.3 cm³/mol. The number of piperazine rings is 1. The lowest BCUT2D eigenvalue weighted by Crippen LogP contribution is -2.59. The van der Waals surface area contributed by atoms with Crippen molar-refractivity contribution in [3.8, 4) is 0 Å². The van der Waals surface area contributed by atoms with Crippen molar-refractivity contribution in [2.45, 2.75) is 12.1 Å². The Labute approximate surface area is 127 Å². The summed E-state index contributed by atoms with van der Waals surface area (Å²) in [4.78, 5) is 16.0. The van der Waals surface area contributed by atoms with Crippen molar-refractivity contribution >= 4 is 15.7 Å². The number of halogens is 2. The van der Waals surface area contributed by atoms with E-state index in [1.165, 1.54) is 11.0 Å². The van der Waals surface area contributed by atoms with Crippen molar-refractivity contribution < 1.29 is 22.0 Å². The van der Waals surface area contributed by atoms with Gasteiger partial charge in [0.1, 0.15) is 0 Å². The second kappa shape index (κ2) is 5.27. The summed E-state index contributed by atoms with van der Waals surface area (Å²) in [6.45, 7) is 0.914. The minimum atomic E-state index is -3.19. The van der Waals surface area contributed by atoms with Crippen LogP contribution < -0.4 is 0 Å². The molecule has 2 aliphatic heterocycles. The summed E-state index contributed by atoms with van der Waals surface area (Å²) in [6, 6.07) is 2.30. The molecule has 0 N–H and O–H groups in total. The van der Waals surface area contributed by atoms with Gasteiger partial charge in [0.25, 0.3) is 5.91 Å². The van der Waals surface area contributed by atoms with Crippen LogP contribution in [-0.2, 0) is 9.84 Å². The first-order valence-corrected chi connectivity index (χ1v) is 8.77. The Balaban J connectivity index is 1.90. The Morgan fingerprint density at radius 3 is 2.50 bits per heavy atom. The molecule has 1 aromatic carbocycles. The normalized spacial score (nSPS) is 27.7.